The Morgan fingerprint density at radius 1 is 0.312 bits per heavy atom. The molecule has 0 radical (unpaired) electrons. The van der Waals surface area contributed by atoms with Crippen LogP contribution in [0.5, 0.6) is 0 Å². The Balaban J connectivity index is 1.23. The molecule has 8 aromatic carbocycles. The number of furan rings is 1. The summed E-state index contributed by atoms with van der Waals surface area (Å²) in [5.41, 5.74) is 12.1. The lowest BCUT2D eigenvalue weighted by atomic mass is 9.98. The Hall–Kier alpha value is -6.38. The number of anilines is 3. The molecule has 0 saturated carbocycles. The minimum atomic E-state index is 0.903. The Kier molecular flexibility index (Phi) is 6.84. The molecule has 0 aliphatic rings. The average molecular weight is 614 g/mol. The van der Waals surface area contributed by atoms with Crippen molar-refractivity contribution in [3.63, 3.8) is 0 Å². The molecule has 0 unspecified atom stereocenters. The number of nitrogens with zero attached hydrogens (tertiary/aromatic N) is 1. The Morgan fingerprint density at radius 3 is 1.42 bits per heavy atom. The summed E-state index contributed by atoms with van der Waals surface area (Å²) in [4.78, 5) is 2.36. The van der Waals surface area contributed by atoms with Crippen molar-refractivity contribution in [3.05, 3.63) is 188 Å². The van der Waals surface area contributed by atoms with Crippen molar-refractivity contribution < 1.29 is 4.42 Å². The van der Waals surface area contributed by atoms with E-state index >= 15 is 0 Å². The Morgan fingerprint density at radius 2 is 0.771 bits per heavy atom. The monoisotopic (exact) mass is 613 g/mol. The van der Waals surface area contributed by atoms with E-state index in [4.69, 9.17) is 4.42 Å². The Labute approximate surface area is 279 Å². The molecular formula is C46H31NO. The first-order valence-electron chi connectivity index (χ1n) is 16.4. The van der Waals surface area contributed by atoms with Gasteiger partial charge >= 0.3 is 0 Å². The highest BCUT2D eigenvalue weighted by molar-refractivity contribution is 6.21. The fraction of sp³-hybridized carbons (Fsp3) is 0. The third kappa shape index (κ3) is 4.83. The van der Waals surface area contributed by atoms with Crippen LogP contribution in [0.25, 0.3) is 66.1 Å². The van der Waals surface area contributed by atoms with Crippen molar-refractivity contribution in [3.8, 4) is 33.4 Å². The maximum atomic E-state index is 6.86. The molecule has 0 atom stereocenters. The largest absolute Gasteiger partial charge is 0.455 e. The molecule has 0 fully saturated rings. The van der Waals surface area contributed by atoms with Gasteiger partial charge in [-0.05, 0) is 58.1 Å². The van der Waals surface area contributed by atoms with Crippen molar-refractivity contribution in [1.29, 1.82) is 0 Å². The van der Waals surface area contributed by atoms with E-state index in [1.54, 1.807) is 0 Å². The number of hydrogen-bond donors (Lipinski definition) is 0. The maximum Gasteiger partial charge on any atom is 0.143 e. The fourth-order valence-corrected chi connectivity index (χ4v) is 6.92. The molecule has 0 N–H and O–H groups in total. The van der Waals surface area contributed by atoms with E-state index in [1.807, 2.05) is 0 Å². The minimum Gasteiger partial charge on any atom is -0.455 e. The zero-order valence-electron chi connectivity index (χ0n) is 26.3. The van der Waals surface area contributed by atoms with Crippen molar-refractivity contribution in [1.82, 2.24) is 0 Å². The summed E-state index contributed by atoms with van der Waals surface area (Å²) in [7, 11) is 0. The molecule has 0 aliphatic carbocycles. The van der Waals surface area contributed by atoms with Crippen molar-refractivity contribution >= 4 is 49.8 Å². The normalized spacial score (nSPS) is 11.3. The zero-order valence-corrected chi connectivity index (χ0v) is 26.3. The molecule has 9 aromatic rings. The molecule has 2 heteroatoms. The smallest absolute Gasteiger partial charge is 0.143 e. The van der Waals surface area contributed by atoms with Crippen LogP contribution < -0.4 is 4.90 Å². The van der Waals surface area contributed by atoms with Gasteiger partial charge in [0.2, 0.25) is 0 Å². The first-order valence-corrected chi connectivity index (χ1v) is 16.4. The molecule has 0 saturated heterocycles. The molecule has 48 heavy (non-hydrogen) atoms. The van der Waals surface area contributed by atoms with Crippen LogP contribution in [-0.4, -0.2) is 0 Å². The molecular weight excluding hydrogens is 583 g/mol. The summed E-state index contributed by atoms with van der Waals surface area (Å²) in [6.07, 6.45) is 0. The van der Waals surface area contributed by atoms with Crippen LogP contribution in [0.15, 0.2) is 192 Å². The number of fused-ring (bicyclic) bond motifs is 5. The van der Waals surface area contributed by atoms with Crippen LogP contribution in [0.4, 0.5) is 17.1 Å². The molecule has 0 amide bonds. The second-order valence-electron chi connectivity index (χ2n) is 12.1. The third-order valence-corrected chi connectivity index (χ3v) is 9.27. The highest BCUT2D eigenvalue weighted by atomic mass is 16.3. The maximum absolute atomic E-state index is 6.86. The van der Waals surface area contributed by atoms with Gasteiger partial charge in [0.15, 0.2) is 0 Å². The first-order chi connectivity index (χ1) is 23.8. The van der Waals surface area contributed by atoms with E-state index in [0.29, 0.717) is 0 Å². The summed E-state index contributed by atoms with van der Waals surface area (Å²) < 4.78 is 6.86. The van der Waals surface area contributed by atoms with Gasteiger partial charge in [-0.1, -0.05) is 158 Å². The molecule has 9 rings (SSSR count). The average Bonchev–Trinajstić information content (AvgIpc) is 3.56. The molecule has 0 bridgehead atoms. The van der Waals surface area contributed by atoms with Gasteiger partial charge in [0.25, 0.3) is 0 Å². The van der Waals surface area contributed by atoms with Crippen molar-refractivity contribution in [2.45, 2.75) is 0 Å². The summed E-state index contributed by atoms with van der Waals surface area (Å²) >= 11 is 0. The van der Waals surface area contributed by atoms with Gasteiger partial charge < -0.3 is 9.32 Å². The van der Waals surface area contributed by atoms with E-state index in [-0.39, 0.29) is 0 Å². The van der Waals surface area contributed by atoms with Gasteiger partial charge in [-0.3, -0.25) is 0 Å². The SMILES string of the molecule is c1ccc(-c2ccc(-c3cccc4c3oc3c5ccccc5c(N(c5ccccc5)c5ccc(-c6ccccc6)cc5)cc43)cc2)cc1. The summed E-state index contributed by atoms with van der Waals surface area (Å²) in [5, 5.41) is 4.43. The lowest BCUT2D eigenvalue weighted by Gasteiger charge is -2.27. The first kappa shape index (κ1) is 27.9. The summed E-state index contributed by atoms with van der Waals surface area (Å²) in [6, 6.07) is 66.7. The van der Waals surface area contributed by atoms with Gasteiger partial charge in [-0.15, -0.1) is 0 Å². The molecule has 0 spiro atoms. The number of rotatable bonds is 6. The zero-order chi connectivity index (χ0) is 31.9. The second-order valence-corrected chi connectivity index (χ2v) is 12.1. The number of hydrogen-bond acceptors (Lipinski definition) is 2. The van der Waals surface area contributed by atoms with E-state index in [2.05, 4.69) is 193 Å². The van der Waals surface area contributed by atoms with Crippen LogP contribution in [0, 0.1) is 0 Å². The van der Waals surface area contributed by atoms with Crippen molar-refractivity contribution in [2.24, 2.45) is 0 Å². The number of benzene rings is 8. The van der Waals surface area contributed by atoms with Gasteiger partial charge in [0.1, 0.15) is 11.2 Å². The predicted molar refractivity (Wildman–Crippen MR) is 202 cm³/mol. The van der Waals surface area contributed by atoms with Gasteiger partial charge in [0.05, 0.1) is 5.69 Å². The van der Waals surface area contributed by atoms with E-state index in [0.717, 1.165) is 60.9 Å². The molecule has 1 aromatic heterocycles. The van der Waals surface area contributed by atoms with Gasteiger partial charge in [-0.2, -0.15) is 0 Å². The molecule has 2 nitrogen and oxygen atoms in total. The van der Waals surface area contributed by atoms with Gasteiger partial charge in [-0.25, -0.2) is 0 Å². The van der Waals surface area contributed by atoms with Crippen LogP contribution in [0.1, 0.15) is 0 Å². The van der Waals surface area contributed by atoms with Crippen molar-refractivity contribution in [2.75, 3.05) is 4.90 Å². The third-order valence-electron chi connectivity index (χ3n) is 9.27. The predicted octanol–water partition coefficient (Wildman–Crippen LogP) is 13.2. The van der Waals surface area contributed by atoms with Crippen LogP contribution in [-0.2, 0) is 0 Å². The minimum absolute atomic E-state index is 0.903. The van der Waals surface area contributed by atoms with Crippen LogP contribution in [0.2, 0.25) is 0 Å². The van der Waals surface area contributed by atoms with Crippen LogP contribution in [0.3, 0.4) is 0 Å². The van der Waals surface area contributed by atoms with E-state index in [9.17, 15) is 0 Å². The fourth-order valence-electron chi connectivity index (χ4n) is 6.92. The summed E-state index contributed by atoms with van der Waals surface area (Å²) in [5.74, 6) is 0. The standard InChI is InChI=1S/C46H31NO/c1-4-13-32(14-5-1)34-23-25-36(26-24-34)39-21-12-22-42-43-31-44(40-19-10-11-20-41(40)46(43)48-45(39)42)47(37-17-8-3-9-18-37)38-29-27-35(28-30-38)33-15-6-2-7-16-33/h1-31H. The highest BCUT2D eigenvalue weighted by Gasteiger charge is 2.21. The second kappa shape index (κ2) is 11.8. The molecule has 0 aliphatic heterocycles. The lowest BCUT2D eigenvalue weighted by Crippen LogP contribution is -2.10. The topological polar surface area (TPSA) is 16.4 Å². The molecule has 1 heterocycles. The van der Waals surface area contributed by atoms with E-state index in [1.165, 1.54) is 22.3 Å². The quantitative estimate of drug-likeness (QED) is 0.185. The van der Waals surface area contributed by atoms with Gasteiger partial charge in [0, 0.05) is 38.5 Å². The highest BCUT2D eigenvalue weighted by Crippen LogP contribution is 2.46. The lowest BCUT2D eigenvalue weighted by molar-refractivity contribution is 0.674. The van der Waals surface area contributed by atoms with Crippen LogP contribution >= 0.6 is 0 Å². The molecule has 226 valence electrons. The number of para-hydroxylation sites is 2. The summed E-state index contributed by atoms with van der Waals surface area (Å²) in [6.45, 7) is 0. The Bertz CT molecular complexity index is 2520. The van der Waals surface area contributed by atoms with E-state index < -0.39 is 0 Å².